The highest BCUT2D eigenvalue weighted by molar-refractivity contribution is 14.0. The molecule has 1 aliphatic heterocycles. The highest BCUT2D eigenvalue weighted by Crippen LogP contribution is 2.13. The smallest absolute Gasteiger partial charge is 0.291 e. The van der Waals surface area contributed by atoms with Crippen LogP contribution in [0.2, 0.25) is 0 Å². The lowest BCUT2D eigenvalue weighted by molar-refractivity contribution is 0.0389. The van der Waals surface area contributed by atoms with Crippen LogP contribution in [0, 0.1) is 0 Å². The number of furan rings is 1. The summed E-state index contributed by atoms with van der Waals surface area (Å²) in [5.74, 6) is 0.798. The number of benzene rings is 1. The predicted octanol–water partition coefficient (Wildman–Crippen LogP) is 2.54. The maximum absolute atomic E-state index is 12.1. The van der Waals surface area contributed by atoms with Crippen LogP contribution in [0.1, 0.15) is 23.0 Å². The molecule has 1 fully saturated rings. The minimum Gasteiger partial charge on any atom is -0.459 e. The summed E-state index contributed by atoms with van der Waals surface area (Å²) in [6.45, 7) is 8.71. The fourth-order valence-corrected chi connectivity index (χ4v) is 3.02. The molecular weight excluding hydrogens is 497 g/mol. The molecule has 3 rings (SSSR count). The third kappa shape index (κ3) is 7.96. The maximum atomic E-state index is 12.1. The lowest BCUT2D eigenvalue weighted by Gasteiger charge is -2.26. The molecule has 1 saturated heterocycles. The number of rotatable bonds is 8. The van der Waals surface area contributed by atoms with E-state index in [1.165, 1.54) is 6.26 Å². The van der Waals surface area contributed by atoms with Crippen molar-refractivity contribution in [1.29, 1.82) is 0 Å². The summed E-state index contributed by atoms with van der Waals surface area (Å²) in [7, 11) is 0. The Kier molecular flexibility index (Phi) is 10.7. The summed E-state index contributed by atoms with van der Waals surface area (Å²) in [5, 5.41) is 9.49. The van der Waals surface area contributed by atoms with Crippen molar-refractivity contribution in [3.05, 3.63) is 54.0 Å². The first-order valence-electron chi connectivity index (χ1n) is 10.0. The molecular formula is C21H30IN5O3. The van der Waals surface area contributed by atoms with Crippen LogP contribution in [-0.2, 0) is 11.3 Å². The molecule has 2 aromatic rings. The fourth-order valence-electron chi connectivity index (χ4n) is 3.02. The molecule has 1 aromatic carbocycles. The average molecular weight is 527 g/mol. The molecule has 0 unspecified atom stereocenters. The number of nitrogens with one attached hydrogen (secondary N) is 3. The van der Waals surface area contributed by atoms with Gasteiger partial charge in [0.15, 0.2) is 11.7 Å². The predicted molar refractivity (Wildman–Crippen MR) is 129 cm³/mol. The van der Waals surface area contributed by atoms with Gasteiger partial charge in [-0.1, -0.05) is 12.1 Å². The van der Waals surface area contributed by atoms with Crippen molar-refractivity contribution in [3.8, 4) is 0 Å². The van der Waals surface area contributed by atoms with Crippen molar-refractivity contribution in [2.24, 2.45) is 4.99 Å². The molecule has 164 valence electrons. The fraction of sp³-hybridized carbons (Fsp3) is 0.429. The molecule has 8 nitrogen and oxygen atoms in total. The number of halogens is 1. The number of hydrogen-bond donors (Lipinski definition) is 3. The van der Waals surface area contributed by atoms with E-state index < -0.39 is 0 Å². The monoisotopic (exact) mass is 527 g/mol. The number of ether oxygens (including phenoxy) is 1. The van der Waals surface area contributed by atoms with E-state index in [0.717, 1.165) is 57.5 Å². The van der Waals surface area contributed by atoms with Gasteiger partial charge in [0.2, 0.25) is 0 Å². The van der Waals surface area contributed by atoms with Gasteiger partial charge in [-0.3, -0.25) is 9.69 Å². The van der Waals surface area contributed by atoms with Crippen molar-refractivity contribution in [2.45, 2.75) is 13.5 Å². The second kappa shape index (κ2) is 13.2. The van der Waals surface area contributed by atoms with E-state index in [4.69, 9.17) is 9.15 Å². The van der Waals surface area contributed by atoms with E-state index >= 15 is 0 Å². The molecule has 0 aliphatic carbocycles. The van der Waals surface area contributed by atoms with E-state index in [9.17, 15) is 4.79 Å². The molecule has 1 aliphatic rings. The molecule has 0 radical (unpaired) electrons. The number of hydrogen-bond acceptors (Lipinski definition) is 5. The SMILES string of the molecule is CCNC(=NCc1cccc(NC(=O)c2ccco2)c1)NCCN1CCOCC1.I. The summed E-state index contributed by atoms with van der Waals surface area (Å²) in [4.78, 5) is 19.2. The molecule has 0 saturated carbocycles. The van der Waals surface area contributed by atoms with Crippen LogP contribution in [0.5, 0.6) is 0 Å². The molecule has 1 aromatic heterocycles. The van der Waals surface area contributed by atoms with E-state index in [0.29, 0.717) is 12.2 Å². The first-order valence-corrected chi connectivity index (χ1v) is 10.0. The molecule has 1 amide bonds. The number of carbonyl (C=O) groups is 1. The van der Waals surface area contributed by atoms with Crippen molar-refractivity contribution < 1.29 is 13.9 Å². The van der Waals surface area contributed by atoms with Crippen LogP contribution in [-0.4, -0.2) is 62.7 Å². The lowest BCUT2D eigenvalue weighted by Crippen LogP contribution is -2.44. The van der Waals surface area contributed by atoms with E-state index in [1.807, 2.05) is 31.2 Å². The second-order valence-corrected chi connectivity index (χ2v) is 6.71. The lowest BCUT2D eigenvalue weighted by atomic mass is 10.2. The van der Waals surface area contributed by atoms with Crippen molar-refractivity contribution in [1.82, 2.24) is 15.5 Å². The number of carbonyl (C=O) groups excluding carboxylic acids is 1. The van der Waals surface area contributed by atoms with E-state index in [-0.39, 0.29) is 35.6 Å². The Balaban J connectivity index is 0.00000320. The largest absolute Gasteiger partial charge is 0.459 e. The van der Waals surface area contributed by atoms with Crippen LogP contribution in [0.3, 0.4) is 0 Å². The second-order valence-electron chi connectivity index (χ2n) is 6.71. The number of nitrogens with zero attached hydrogens (tertiary/aromatic N) is 2. The van der Waals surface area contributed by atoms with Crippen LogP contribution in [0.25, 0.3) is 0 Å². The molecule has 9 heteroatoms. The summed E-state index contributed by atoms with van der Waals surface area (Å²) >= 11 is 0. The zero-order chi connectivity index (χ0) is 20.3. The van der Waals surface area contributed by atoms with Gasteiger partial charge in [-0.05, 0) is 36.8 Å². The Morgan fingerprint density at radius 3 is 2.73 bits per heavy atom. The van der Waals surface area contributed by atoms with Gasteiger partial charge in [0.1, 0.15) is 0 Å². The Morgan fingerprint density at radius 1 is 1.17 bits per heavy atom. The Labute approximate surface area is 194 Å². The average Bonchev–Trinajstić information content (AvgIpc) is 3.28. The van der Waals surface area contributed by atoms with Gasteiger partial charge < -0.3 is 25.1 Å². The van der Waals surface area contributed by atoms with Crippen molar-refractivity contribution >= 4 is 41.5 Å². The zero-order valence-corrected chi connectivity index (χ0v) is 19.6. The quantitative estimate of drug-likeness (QED) is 0.278. The van der Waals surface area contributed by atoms with Gasteiger partial charge >= 0.3 is 0 Å². The van der Waals surface area contributed by atoms with Gasteiger partial charge in [-0.25, -0.2) is 4.99 Å². The number of morpholine rings is 1. The van der Waals surface area contributed by atoms with Crippen molar-refractivity contribution in [3.63, 3.8) is 0 Å². The van der Waals surface area contributed by atoms with Crippen LogP contribution >= 0.6 is 24.0 Å². The van der Waals surface area contributed by atoms with Gasteiger partial charge in [-0.15, -0.1) is 24.0 Å². The van der Waals surface area contributed by atoms with Crippen LogP contribution < -0.4 is 16.0 Å². The van der Waals surface area contributed by atoms with Crippen LogP contribution in [0.4, 0.5) is 5.69 Å². The summed E-state index contributed by atoms with van der Waals surface area (Å²) in [5.41, 5.74) is 1.72. The number of amides is 1. The van der Waals surface area contributed by atoms with Gasteiger partial charge in [0.25, 0.3) is 5.91 Å². The van der Waals surface area contributed by atoms with Gasteiger partial charge in [0, 0.05) is 38.4 Å². The zero-order valence-electron chi connectivity index (χ0n) is 17.2. The van der Waals surface area contributed by atoms with Gasteiger partial charge in [-0.2, -0.15) is 0 Å². The van der Waals surface area contributed by atoms with Gasteiger partial charge in [0.05, 0.1) is 26.0 Å². The highest BCUT2D eigenvalue weighted by atomic mass is 127. The van der Waals surface area contributed by atoms with Crippen LogP contribution in [0.15, 0.2) is 52.1 Å². The van der Waals surface area contributed by atoms with E-state index in [1.54, 1.807) is 12.1 Å². The third-order valence-corrected chi connectivity index (χ3v) is 4.52. The van der Waals surface area contributed by atoms with Crippen molar-refractivity contribution in [2.75, 3.05) is 51.3 Å². The number of aliphatic imine (C=N–C) groups is 1. The maximum Gasteiger partial charge on any atom is 0.291 e. The molecule has 0 bridgehead atoms. The summed E-state index contributed by atoms with van der Waals surface area (Å²) < 4.78 is 10.5. The molecule has 0 atom stereocenters. The first kappa shape index (κ1) is 24.2. The topological polar surface area (TPSA) is 91.1 Å². The molecule has 30 heavy (non-hydrogen) atoms. The molecule has 2 heterocycles. The minimum absolute atomic E-state index is 0. The summed E-state index contributed by atoms with van der Waals surface area (Å²) in [6.07, 6.45) is 1.48. The Hall–Kier alpha value is -2.11. The standard InChI is InChI=1S/C21H29N5O3.HI/c1-2-22-21(23-8-9-26-10-13-28-14-11-26)24-16-17-5-3-6-18(15-17)25-20(27)19-7-4-12-29-19;/h3-7,12,15H,2,8-11,13-14,16H2,1H3,(H,25,27)(H2,22,23,24);1H. The first-order chi connectivity index (χ1) is 14.2. The summed E-state index contributed by atoms with van der Waals surface area (Å²) in [6, 6.07) is 11.0. The Morgan fingerprint density at radius 2 is 2.00 bits per heavy atom. The highest BCUT2D eigenvalue weighted by Gasteiger charge is 2.10. The number of guanidine groups is 1. The van der Waals surface area contributed by atoms with E-state index in [2.05, 4.69) is 25.8 Å². The molecule has 3 N–H and O–H groups in total. The normalized spacial score (nSPS) is 14.6. The Bertz CT molecular complexity index is 792. The number of anilines is 1. The minimum atomic E-state index is -0.270. The molecule has 0 spiro atoms. The third-order valence-electron chi connectivity index (χ3n) is 4.52.